The van der Waals surface area contributed by atoms with E-state index < -0.39 is 0 Å². The Kier molecular flexibility index (Phi) is 3.63. The fourth-order valence-corrected chi connectivity index (χ4v) is 1.26. The van der Waals surface area contributed by atoms with E-state index in [0.717, 1.165) is 5.69 Å². The van der Waals surface area contributed by atoms with Crippen molar-refractivity contribution < 1.29 is 9.36 Å². The van der Waals surface area contributed by atoms with Crippen molar-refractivity contribution in [3.63, 3.8) is 0 Å². The number of carbonyl (C=O) groups is 1. The molecule has 0 atom stereocenters. The van der Waals surface area contributed by atoms with Crippen LogP contribution in [0.25, 0.3) is 0 Å². The van der Waals surface area contributed by atoms with Gasteiger partial charge in [0.2, 0.25) is 6.54 Å². The van der Waals surface area contributed by atoms with Gasteiger partial charge in [-0.1, -0.05) is 6.07 Å². The summed E-state index contributed by atoms with van der Waals surface area (Å²) >= 11 is 0. The quantitative estimate of drug-likeness (QED) is 0.708. The predicted octanol–water partition coefficient (Wildman–Crippen LogP) is 0.807. The first-order valence-electron chi connectivity index (χ1n) is 4.84. The monoisotopic (exact) mass is 193 g/mol. The van der Waals surface area contributed by atoms with Crippen LogP contribution in [-0.2, 0) is 11.3 Å². The third-order valence-electron chi connectivity index (χ3n) is 1.93. The first-order chi connectivity index (χ1) is 6.59. The molecule has 1 rings (SSSR count). The highest BCUT2D eigenvalue weighted by atomic mass is 16.2. The molecular weight excluding hydrogens is 176 g/mol. The van der Waals surface area contributed by atoms with Crippen LogP contribution in [0.15, 0.2) is 24.4 Å². The largest absolute Gasteiger partial charge is 0.348 e. The fraction of sp³-hybridized carbons (Fsp3) is 0.455. The number of nitrogens with zero attached hydrogens (tertiary/aromatic N) is 1. The molecule has 3 nitrogen and oxygen atoms in total. The minimum Gasteiger partial charge on any atom is -0.348 e. The van der Waals surface area contributed by atoms with Crippen molar-refractivity contribution in [1.82, 2.24) is 5.32 Å². The molecule has 0 aliphatic rings. The fourth-order valence-electron chi connectivity index (χ4n) is 1.26. The molecule has 0 radical (unpaired) electrons. The molecule has 0 bridgehead atoms. The molecule has 0 unspecified atom stereocenters. The summed E-state index contributed by atoms with van der Waals surface area (Å²) in [5.41, 5.74) is 1.09. The summed E-state index contributed by atoms with van der Waals surface area (Å²) in [5, 5.41) is 2.86. The third kappa shape index (κ3) is 3.17. The summed E-state index contributed by atoms with van der Waals surface area (Å²) in [6, 6.07) is 6.08. The van der Waals surface area contributed by atoms with Crippen LogP contribution in [0.5, 0.6) is 0 Å². The Labute approximate surface area is 84.8 Å². The summed E-state index contributed by atoms with van der Waals surface area (Å²) < 4.78 is 1.93. The molecule has 0 aliphatic carbocycles. The summed E-state index contributed by atoms with van der Waals surface area (Å²) in [7, 11) is 0. The molecule has 0 fully saturated rings. The average Bonchev–Trinajstić information content (AvgIpc) is 2.07. The Bertz CT molecular complexity index is 321. The average molecular weight is 193 g/mol. The van der Waals surface area contributed by atoms with E-state index in [1.807, 2.05) is 49.7 Å². The molecule has 0 spiro atoms. The van der Waals surface area contributed by atoms with Crippen molar-refractivity contribution in [1.29, 1.82) is 0 Å². The molecule has 1 N–H and O–H groups in total. The molecule has 3 heteroatoms. The van der Waals surface area contributed by atoms with Crippen molar-refractivity contribution in [3.05, 3.63) is 30.1 Å². The van der Waals surface area contributed by atoms with Crippen LogP contribution < -0.4 is 9.88 Å². The topological polar surface area (TPSA) is 33.0 Å². The van der Waals surface area contributed by atoms with Crippen LogP contribution in [0.1, 0.15) is 19.5 Å². The molecule has 1 aromatic heterocycles. The van der Waals surface area contributed by atoms with Gasteiger partial charge in [0.15, 0.2) is 11.9 Å². The van der Waals surface area contributed by atoms with Crippen molar-refractivity contribution in [2.24, 2.45) is 0 Å². The van der Waals surface area contributed by atoms with Crippen LogP contribution in [0.2, 0.25) is 0 Å². The molecule has 1 heterocycles. The van der Waals surface area contributed by atoms with E-state index in [-0.39, 0.29) is 11.9 Å². The summed E-state index contributed by atoms with van der Waals surface area (Å²) in [5.74, 6) is 0.0549. The third-order valence-corrected chi connectivity index (χ3v) is 1.93. The zero-order chi connectivity index (χ0) is 10.6. The van der Waals surface area contributed by atoms with Gasteiger partial charge in [0.1, 0.15) is 0 Å². The Morgan fingerprint density at radius 3 is 2.79 bits per heavy atom. The molecule has 1 aromatic rings. The van der Waals surface area contributed by atoms with Crippen LogP contribution in [0, 0.1) is 6.92 Å². The van der Waals surface area contributed by atoms with E-state index in [2.05, 4.69) is 5.32 Å². The number of carbonyl (C=O) groups excluding carboxylic acids is 1. The van der Waals surface area contributed by atoms with Crippen LogP contribution in [0.4, 0.5) is 0 Å². The lowest BCUT2D eigenvalue weighted by Crippen LogP contribution is -2.46. The summed E-state index contributed by atoms with van der Waals surface area (Å²) in [6.07, 6.45) is 1.91. The smallest absolute Gasteiger partial charge is 0.286 e. The highest BCUT2D eigenvalue weighted by Crippen LogP contribution is 1.87. The lowest BCUT2D eigenvalue weighted by Gasteiger charge is -2.06. The van der Waals surface area contributed by atoms with Gasteiger partial charge in [0.05, 0.1) is 0 Å². The van der Waals surface area contributed by atoms with E-state index in [4.69, 9.17) is 0 Å². The molecule has 0 aromatic carbocycles. The number of aryl methyl sites for hydroxylation is 1. The second-order valence-electron chi connectivity index (χ2n) is 3.69. The van der Waals surface area contributed by atoms with Crippen LogP contribution in [-0.4, -0.2) is 11.9 Å². The SMILES string of the molecule is Cc1cccc[n+]1CC(=O)NC(C)C. The lowest BCUT2D eigenvalue weighted by molar-refractivity contribution is -0.690. The van der Waals surface area contributed by atoms with Gasteiger partial charge >= 0.3 is 0 Å². The van der Waals surface area contributed by atoms with Gasteiger partial charge in [0, 0.05) is 25.1 Å². The number of rotatable bonds is 3. The van der Waals surface area contributed by atoms with E-state index in [1.54, 1.807) is 0 Å². The normalized spacial score (nSPS) is 10.3. The van der Waals surface area contributed by atoms with Crippen LogP contribution >= 0.6 is 0 Å². The molecule has 0 aliphatic heterocycles. The highest BCUT2D eigenvalue weighted by molar-refractivity contribution is 5.74. The second kappa shape index (κ2) is 4.74. The number of amides is 1. The minimum atomic E-state index is 0.0549. The molecule has 0 saturated carbocycles. The van der Waals surface area contributed by atoms with Gasteiger partial charge in [-0.25, -0.2) is 0 Å². The van der Waals surface area contributed by atoms with Gasteiger partial charge in [-0.2, -0.15) is 4.57 Å². The molecule has 0 saturated heterocycles. The predicted molar refractivity (Wildman–Crippen MR) is 54.7 cm³/mol. The number of hydrogen-bond donors (Lipinski definition) is 1. The van der Waals surface area contributed by atoms with Gasteiger partial charge < -0.3 is 5.32 Å². The maximum absolute atomic E-state index is 11.4. The Balaban J connectivity index is 2.61. The second-order valence-corrected chi connectivity index (χ2v) is 3.69. The standard InChI is InChI=1S/C11H16N2O/c1-9(2)12-11(14)8-13-7-5-4-6-10(13)3/h4-7,9H,8H2,1-3H3/p+1. The van der Waals surface area contributed by atoms with E-state index in [0.29, 0.717) is 6.54 Å². The summed E-state index contributed by atoms with van der Waals surface area (Å²) in [4.78, 5) is 11.4. The highest BCUT2D eigenvalue weighted by Gasteiger charge is 2.11. The zero-order valence-electron chi connectivity index (χ0n) is 8.95. The molecule has 76 valence electrons. The van der Waals surface area contributed by atoms with Crippen molar-refractivity contribution in [3.8, 4) is 0 Å². The van der Waals surface area contributed by atoms with E-state index in [9.17, 15) is 4.79 Å². The van der Waals surface area contributed by atoms with Crippen molar-refractivity contribution >= 4 is 5.91 Å². The number of aromatic nitrogens is 1. The van der Waals surface area contributed by atoms with Crippen molar-refractivity contribution in [2.45, 2.75) is 33.4 Å². The summed E-state index contributed by atoms with van der Waals surface area (Å²) in [6.45, 7) is 6.30. The molecule has 14 heavy (non-hydrogen) atoms. The van der Waals surface area contributed by atoms with Crippen molar-refractivity contribution in [2.75, 3.05) is 0 Å². The molecular formula is C11H17N2O+. The maximum atomic E-state index is 11.4. The zero-order valence-corrected chi connectivity index (χ0v) is 8.95. The van der Waals surface area contributed by atoms with Crippen LogP contribution in [0.3, 0.4) is 0 Å². The van der Waals surface area contributed by atoms with E-state index >= 15 is 0 Å². The van der Waals surface area contributed by atoms with Gasteiger partial charge in [-0.3, -0.25) is 4.79 Å². The maximum Gasteiger partial charge on any atom is 0.286 e. The van der Waals surface area contributed by atoms with Gasteiger partial charge in [0.25, 0.3) is 5.91 Å². The van der Waals surface area contributed by atoms with Gasteiger partial charge in [-0.05, 0) is 13.8 Å². The molecule has 1 amide bonds. The van der Waals surface area contributed by atoms with Gasteiger partial charge in [-0.15, -0.1) is 0 Å². The Morgan fingerprint density at radius 2 is 2.21 bits per heavy atom. The number of nitrogens with one attached hydrogen (secondary N) is 1. The first-order valence-corrected chi connectivity index (χ1v) is 4.84. The Morgan fingerprint density at radius 1 is 1.50 bits per heavy atom. The number of pyridine rings is 1. The lowest BCUT2D eigenvalue weighted by atomic mass is 10.3. The van der Waals surface area contributed by atoms with E-state index in [1.165, 1.54) is 0 Å². The Hall–Kier alpha value is -1.38. The number of hydrogen-bond acceptors (Lipinski definition) is 1. The first kappa shape index (κ1) is 10.7. The minimum absolute atomic E-state index is 0.0549.